The Labute approximate surface area is 239 Å². The third-order valence-corrected chi connectivity index (χ3v) is 8.75. The van der Waals surface area contributed by atoms with Gasteiger partial charge < -0.3 is 18.6 Å². The van der Waals surface area contributed by atoms with E-state index in [9.17, 15) is 0 Å². The summed E-state index contributed by atoms with van der Waals surface area (Å²) in [6, 6.07) is 27.0. The van der Waals surface area contributed by atoms with E-state index >= 15 is 0 Å². The largest absolute Gasteiger partial charge is 0.452 e. The lowest BCUT2D eigenvalue weighted by molar-refractivity contribution is 0.456. The second-order valence-corrected chi connectivity index (χ2v) is 10.8. The van der Waals surface area contributed by atoms with Crippen molar-refractivity contribution in [2.75, 3.05) is 0 Å². The number of rotatable bonds is 2. The van der Waals surface area contributed by atoms with Gasteiger partial charge in [-0.3, -0.25) is 0 Å². The highest BCUT2D eigenvalue weighted by Crippen LogP contribution is 2.48. The van der Waals surface area contributed by atoms with Gasteiger partial charge in [-0.25, -0.2) is 9.98 Å². The lowest BCUT2D eigenvalue weighted by Crippen LogP contribution is -2.20. The second kappa shape index (κ2) is 8.12. The van der Waals surface area contributed by atoms with Gasteiger partial charge in [-0.2, -0.15) is 0 Å². The van der Waals surface area contributed by atoms with E-state index in [4.69, 9.17) is 31.1 Å². The van der Waals surface area contributed by atoms with E-state index in [1.165, 1.54) is 11.0 Å². The van der Waals surface area contributed by atoms with Gasteiger partial charge in [-0.15, -0.1) is 0 Å². The molecule has 0 spiro atoms. The lowest BCUT2D eigenvalue weighted by atomic mass is 10.1. The highest BCUT2D eigenvalue weighted by molar-refractivity contribution is 6.32. The number of hydrogen-bond acceptors (Lipinski definition) is 4. The molecule has 6 nitrogen and oxygen atoms in total. The van der Waals surface area contributed by atoms with Gasteiger partial charge in [-0.1, -0.05) is 48.0 Å². The van der Waals surface area contributed by atoms with Crippen molar-refractivity contribution in [2.45, 2.75) is 26.9 Å². The fourth-order valence-corrected chi connectivity index (χ4v) is 6.94. The molecule has 7 heteroatoms. The molecule has 0 saturated heterocycles. The molecule has 2 aliphatic heterocycles. The highest BCUT2D eigenvalue weighted by atomic mass is 35.5. The monoisotopic (exact) mass is 554 g/mol. The predicted molar refractivity (Wildman–Crippen MR) is 163 cm³/mol. The molecule has 7 aromatic rings. The Morgan fingerprint density at radius 1 is 0.634 bits per heavy atom. The Balaban J connectivity index is 1.29. The number of fused-ring (bicyclic) bond motifs is 12. The summed E-state index contributed by atoms with van der Waals surface area (Å²) in [6.45, 7) is 6.02. The summed E-state index contributed by atoms with van der Waals surface area (Å²) < 4.78 is 17.9. The van der Waals surface area contributed by atoms with Crippen molar-refractivity contribution in [1.29, 1.82) is 0 Å². The first-order valence-corrected chi connectivity index (χ1v) is 14.3. The van der Waals surface area contributed by atoms with Crippen molar-refractivity contribution in [3.63, 3.8) is 0 Å². The minimum atomic E-state index is 0.393. The van der Waals surface area contributed by atoms with Crippen molar-refractivity contribution in [3.05, 3.63) is 94.6 Å². The van der Waals surface area contributed by atoms with Crippen molar-refractivity contribution in [2.24, 2.45) is 9.98 Å². The van der Waals surface area contributed by atoms with Crippen LogP contribution in [0.25, 0.3) is 43.6 Å². The molecule has 2 aromatic heterocycles. The average molecular weight is 555 g/mol. The summed E-state index contributed by atoms with van der Waals surface area (Å²) in [5.74, 6) is 2.52. The first-order chi connectivity index (χ1) is 20.2. The third-order valence-electron chi connectivity index (χ3n) is 8.40. The first-order valence-electron chi connectivity index (χ1n) is 13.9. The Morgan fingerprint density at radius 2 is 1.20 bits per heavy atom. The van der Waals surface area contributed by atoms with Gasteiger partial charge in [0.2, 0.25) is 0 Å². The molecule has 0 atom stereocenters. The van der Waals surface area contributed by atoms with E-state index in [0.717, 1.165) is 62.8 Å². The second-order valence-electron chi connectivity index (χ2n) is 10.5. The van der Waals surface area contributed by atoms with E-state index in [1.807, 2.05) is 18.2 Å². The Kier molecular flexibility index (Phi) is 4.54. The molecule has 198 valence electrons. The van der Waals surface area contributed by atoms with Crippen molar-refractivity contribution >= 4 is 66.6 Å². The zero-order chi connectivity index (χ0) is 27.4. The van der Waals surface area contributed by atoms with Crippen LogP contribution in [0.4, 0.5) is 11.4 Å². The quantitative estimate of drug-likeness (QED) is 0.214. The zero-order valence-electron chi connectivity index (χ0n) is 22.4. The van der Waals surface area contributed by atoms with Crippen LogP contribution in [0.1, 0.15) is 13.8 Å². The lowest BCUT2D eigenvalue weighted by Gasteiger charge is -2.20. The first kappa shape index (κ1) is 22.9. The van der Waals surface area contributed by atoms with Crippen LogP contribution in [0.3, 0.4) is 0 Å². The number of aromatic nitrogens is 2. The normalized spacial score (nSPS) is 13.2. The van der Waals surface area contributed by atoms with E-state index in [2.05, 4.69) is 83.6 Å². The topological polar surface area (TPSA) is 53.0 Å². The summed E-state index contributed by atoms with van der Waals surface area (Å²) >= 11 is 7.05. The molecular weight excluding hydrogens is 532 g/mol. The minimum absolute atomic E-state index is 0.393. The van der Waals surface area contributed by atoms with Crippen LogP contribution in [0, 0.1) is 0 Å². The summed E-state index contributed by atoms with van der Waals surface area (Å²) in [7, 11) is 0. The summed E-state index contributed by atoms with van der Waals surface area (Å²) in [6.07, 6.45) is 0. The van der Waals surface area contributed by atoms with Crippen LogP contribution in [0.15, 0.2) is 88.8 Å². The SMILES string of the molecule is CCn1c2ccccc2c2c3c(ccc21)N=c1cc2c(c(Cl)c1O3)=Nc1ccc3c(c1O2)c1ccccc1n3CC. The van der Waals surface area contributed by atoms with Crippen molar-refractivity contribution in [3.8, 4) is 23.0 Å². The fraction of sp³-hybridized carbons (Fsp3) is 0.118. The molecule has 5 aromatic carbocycles. The average Bonchev–Trinajstić information content (AvgIpc) is 3.52. The molecule has 0 radical (unpaired) electrons. The van der Waals surface area contributed by atoms with Crippen LogP contribution in [-0.4, -0.2) is 9.13 Å². The molecule has 0 N–H and O–H groups in total. The number of hydrogen-bond donors (Lipinski definition) is 0. The zero-order valence-corrected chi connectivity index (χ0v) is 23.2. The maximum Gasteiger partial charge on any atom is 0.174 e. The van der Waals surface area contributed by atoms with Gasteiger partial charge in [0.1, 0.15) is 27.1 Å². The molecule has 0 bridgehead atoms. The molecule has 4 heterocycles. The number of para-hydroxylation sites is 2. The summed E-state index contributed by atoms with van der Waals surface area (Å²) in [4.78, 5) is 10.0. The summed E-state index contributed by atoms with van der Waals surface area (Å²) in [5, 5.41) is 5.94. The highest BCUT2D eigenvalue weighted by Gasteiger charge is 2.27. The number of benzene rings is 5. The van der Waals surface area contributed by atoms with Gasteiger partial charge in [0.25, 0.3) is 0 Å². The smallest absolute Gasteiger partial charge is 0.174 e. The maximum absolute atomic E-state index is 7.05. The van der Waals surface area contributed by atoms with Crippen LogP contribution in [-0.2, 0) is 13.1 Å². The minimum Gasteiger partial charge on any atom is -0.452 e. The van der Waals surface area contributed by atoms with Gasteiger partial charge in [0.15, 0.2) is 23.0 Å². The number of halogens is 1. The van der Waals surface area contributed by atoms with Crippen LogP contribution >= 0.6 is 11.6 Å². The molecule has 2 aliphatic rings. The van der Waals surface area contributed by atoms with E-state index in [1.54, 1.807) is 0 Å². The van der Waals surface area contributed by atoms with E-state index in [-0.39, 0.29) is 0 Å². The van der Waals surface area contributed by atoms with Gasteiger partial charge >= 0.3 is 0 Å². The predicted octanol–water partition coefficient (Wildman–Crippen LogP) is 8.71. The number of ether oxygens (including phenoxy) is 2. The van der Waals surface area contributed by atoms with Crippen molar-refractivity contribution in [1.82, 2.24) is 9.13 Å². The van der Waals surface area contributed by atoms with Crippen molar-refractivity contribution < 1.29 is 9.47 Å². The molecular formula is C34H23ClN4O2. The van der Waals surface area contributed by atoms with E-state index in [0.29, 0.717) is 33.0 Å². The van der Waals surface area contributed by atoms with Crippen LogP contribution < -0.4 is 20.2 Å². The molecule has 9 rings (SSSR count). The van der Waals surface area contributed by atoms with Gasteiger partial charge in [0.05, 0.1) is 21.8 Å². The Bertz CT molecular complexity index is 2420. The third kappa shape index (κ3) is 2.92. The van der Waals surface area contributed by atoms with Crippen LogP contribution in [0.5, 0.6) is 23.0 Å². The standard InChI is InChI=1S/C34H23ClN4O2/c1-3-38-23-11-7-5-9-18(23)28-25(38)16-14-21-32(28)40-27-17-22-34(30(35)31(27)37-21)41-33-20(36-22)13-15-26-29(33)19-10-6-8-12-24(19)39(26)4-2/h5-17H,3-4H2,1-2H3. The number of aryl methyl sites for hydroxylation is 2. The Morgan fingerprint density at radius 3 is 1.80 bits per heavy atom. The Hall–Kier alpha value is -4.81. The molecule has 41 heavy (non-hydrogen) atoms. The molecule has 0 aliphatic carbocycles. The maximum atomic E-state index is 7.05. The summed E-state index contributed by atoms with van der Waals surface area (Å²) in [5.41, 5.74) is 6.07. The molecule has 0 amide bonds. The molecule has 0 fully saturated rings. The van der Waals surface area contributed by atoms with Gasteiger partial charge in [0, 0.05) is 41.0 Å². The molecule has 0 saturated carbocycles. The van der Waals surface area contributed by atoms with Gasteiger partial charge in [-0.05, 0) is 50.2 Å². The fourth-order valence-electron chi connectivity index (χ4n) is 6.67. The van der Waals surface area contributed by atoms with E-state index < -0.39 is 0 Å². The van der Waals surface area contributed by atoms with Crippen LogP contribution in [0.2, 0.25) is 5.02 Å². The molecule has 0 unspecified atom stereocenters. The number of nitrogens with zero attached hydrogens (tertiary/aromatic N) is 4.